The van der Waals surface area contributed by atoms with Crippen molar-refractivity contribution in [2.75, 3.05) is 5.32 Å². The number of rotatable bonds is 5. The van der Waals surface area contributed by atoms with E-state index in [1.807, 2.05) is 18.2 Å². The number of aliphatic imine (C=N–C) groups is 1. The van der Waals surface area contributed by atoms with Gasteiger partial charge in [0.1, 0.15) is 5.75 Å². The molecule has 2 aromatic carbocycles. The smallest absolute Gasteiger partial charge is 0.193 e. The van der Waals surface area contributed by atoms with Crippen LogP contribution in [-0.4, -0.2) is 11.1 Å². The minimum absolute atomic E-state index is 0. The van der Waals surface area contributed by atoms with E-state index in [1.54, 1.807) is 18.2 Å². The average Bonchev–Trinajstić information content (AvgIpc) is 2.53. The number of phenolic OH excluding ortho intramolecular Hbond substituents is 1. The van der Waals surface area contributed by atoms with Crippen molar-refractivity contribution >= 4 is 35.6 Å². The average molecular weight is 425 g/mol. The molecule has 0 aliphatic rings. The second-order valence-electron chi connectivity index (χ2n) is 5.43. The number of halogens is 1. The second-order valence-corrected chi connectivity index (χ2v) is 5.43. The Morgan fingerprint density at radius 1 is 1.22 bits per heavy atom. The first-order chi connectivity index (χ1) is 10.6. The summed E-state index contributed by atoms with van der Waals surface area (Å²) in [4.78, 5) is 4.28. The fraction of sp³-hybridized carbons (Fsp3) is 0.278. The zero-order valence-electron chi connectivity index (χ0n) is 13.5. The van der Waals surface area contributed by atoms with Crippen LogP contribution in [0.15, 0.2) is 53.5 Å². The van der Waals surface area contributed by atoms with E-state index in [4.69, 9.17) is 5.73 Å². The van der Waals surface area contributed by atoms with Gasteiger partial charge in [0.25, 0.3) is 0 Å². The zero-order chi connectivity index (χ0) is 15.9. The molecule has 0 aliphatic heterocycles. The Morgan fingerprint density at radius 2 is 1.91 bits per heavy atom. The number of aromatic hydroxyl groups is 1. The van der Waals surface area contributed by atoms with Crippen molar-refractivity contribution in [1.82, 2.24) is 0 Å². The first kappa shape index (κ1) is 19.3. The molecule has 0 saturated heterocycles. The lowest BCUT2D eigenvalue weighted by molar-refractivity contribution is 0.474. The molecule has 5 heteroatoms. The van der Waals surface area contributed by atoms with Gasteiger partial charge in [-0.1, -0.05) is 38.1 Å². The standard InChI is InChI=1S/C18H23N3O.HI/c1-3-13(2)15-7-9-16(10-8-15)21-18(19)20-12-14-5-4-6-17(22)11-14;/h4-11,13,22H,3,12H2,1-2H3,(H3,19,20,21);1H. The van der Waals surface area contributed by atoms with Crippen molar-refractivity contribution in [3.63, 3.8) is 0 Å². The maximum Gasteiger partial charge on any atom is 0.193 e. The highest BCUT2D eigenvalue weighted by Gasteiger charge is 2.02. The van der Waals surface area contributed by atoms with E-state index in [0.717, 1.165) is 17.7 Å². The van der Waals surface area contributed by atoms with Crippen molar-refractivity contribution in [2.45, 2.75) is 32.7 Å². The summed E-state index contributed by atoms with van der Waals surface area (Å²) in [6, 6.07) is 15.2. The molecule has 0 radical (unpaired) electrons. The molecule has 0 aromatic heterocycles. The summed E-state index contributed by atoms with van der Waals surface area (Å²) in [5.41, 5.74) is 9.05. The van der Waals surface area contributed by atoms with Gasteiger partial charge in [-0.05, 0) is 47.7 Å². The Hall–Kier alpha value is -1.76. The molecule has 2 aromatic rings. The molecule has 0 aliphatic carbocycles. The molecule has 0 bridgehead atoms. The largest absolute Gasteiger partial charge is 0.508 e. The minimum atomic E-state index is 0. The lowest BCUT2D eigenvalue weighted by Gasteiger charge is -2.10. The van der Waals surface area contributed by atoms with Crippen LogP contribution in [-0.2, 0) is 6.54 Å². The van der Waals surface area contributed by atoms with Crippen LogP contribution < -0.4 is 11.1 Å². The number of hydrogen-bond acceptors (Lipinski definition) is 2. The molecule has 0 fully saturated rings. The number of phenols is 1. The molecule has 0 saturated carbocycles. The van der Waals surface area contributed by atoms with Gasteiger partial charge in [-0.2, -0.15) is 0 Å². The fourth-order valence-electron chi connectivity index (χ4n) is 2.15. The third kappa shape index (κ3) is 6.09. The predicted molar refractivity (Wildman–Crippen MR) is 108 cm³/mol. The van der Waals surface area contributed by atoms with Crippen molar-refractivity contribution in [2.24, 2.45) is 10.7 Å². The molecule has 2 rings (SSSR count). The number of anilines is 1. The SMILES string of the molecule is CCC(C)c1ccc(NC(N)=NCc2cccc(O)c2)cc1.I. The van der Waals surface area contributed by atoms with Gasteiger partial charge in [0.05, 0.1) is 6.54 Å². The summed E-state index contributed by atoms with van der Waals surface area (Å²) in [5, 5.41) is 12.5. The predicted octanol–water partition coefficient (Wildman–Crippen LogP) is 4.45. The molecule has 124 valence electrons. The van der Waals surface area contributed by atoms with Crippen molar-refractivity contribution in [3.8, 4) is 5.75 Å². The Morgan fingerprint density at radius 3 is 2.52 bits per heavy atom. The molecule has 4 nitrogen and oxygen atoms in total. The summed E-state index contributed by atoms with van der Waals surface area (Å²) < 4.78 is 0. The van der Waals surface area contributed by atoms with Gasteiger partial charge in [-0.3, -0.25) is 0 Å². The van der Waals surface area contributed by atoms with Crippen LogP contribution in [0.2, 0.25) is 0 Å². The number of guanidine groups is 1. The molecular formula is C18H24IN3O. The highest BCUT2D eigenvalue weighted by atomic mass is 127. The monoisotopic (exact) mass is 425 g/mol. The van der Waals surface area contributed by atoms with Crippen LogP contribution in [0.3, 0.4) is 0 Å². The van der Waals surface area contributed by atoms with E-state index in [2.05, 4.69) is 36.3 Å². The maximum absolute atomic E-state index is 9.41. The van der Waals surface area contributed by atoms with Crippen molar-refractivity contribution in [3.05, 3.63) is 59.7 Å². The minimum Gasteiger partial charge on any atom is -0.508 e. The first-order valence-corrected chi connectivity index (χ1v) is 7.53. The van der Waals surface area contributed by atoms with E-state index < -0.39 is 0 Å². The highest BCUT2D eigenvalue weighted by Crippen LogP contribution is 2.20. The van der Waals surface area contributed by atoms with Gasteiger partial charge in [-0.25, -0.2) is 4.99 Å². The number of nitrogens with two attached hydrogens (primary N) is 1. The summed E-state index contributed by atoms with van der Waals surface area (Å²) in [5.74, 6) is 1.16. The summed E-state index contributed by atoms with van der Waals surface area (Å²) in [6.45, 7) is 4.83. The van der Waals surface area contributed by atoms with Gasteiger partial charge >= 0.3 is 0 Å². The van der Waals surface area contributed by atoms with Crippen LogP contribution in [0.4, 0.5) is 5.69 Å². The van der Waals surface area contributed by atoms with Crippen LogP contribution >= 0.6 is 24.0 Å². The molecule has 1 atom stereocenters. The molecule has 23 heavy (non-hydrogen) atoms. The maximum atomic E-state index is 9.41. The Balaban J connectivity index is 0.00000264. The quantitative estimate of drug-likeness (QED) is 0.377. The van der Waals surface area contributed by atoms with E-state index in [0.29, 0.717) is 18.4 Å². The van der Waals surface area contributed by atoms with Crippen LogP contribution in [0.1, 0.15) is 37.3 Å². The number of nitrogens with zero attached hydrogens (tertiary/aromatic N) is 1. The summed E-state index contributed by atoms with van der Waals surface area (Å²) in [6.07, 6.45) is 1.13. The number of benzene rings is 2. The molecular weight excluding hydrogens is 401 g/mol. The van der Waals surface area contributed by atoms with Gasteiger partial charge in [0, 0.05) is 5.69 Å². The highest BCUT2D eigenvalue weighted by molar-refractivity contribution is 14.0. The molecule has 0 spiro atoms. The molecule has 4 N–H and O–H groups in total. The van der Waals surface area contributed by atoms with E-state index in [9.17, 15) is 5.11 Å². The van der Waals surface area contributed by atoms with Crippen LogP contribution in [0.25, 0.3) is 0 Å². The Labute approximate surface area is 154 Å². The lowest BCUT2D eigenvalue weighted by Crippen LogP contribution is -2.22. The van der Waals surface area contributed by atoms with E-state index >= 15 is 0 Å². The third-order valence-corrected chi connectivity index (χ3v) is 3.71. The van der Waals surface area contributed by atoms with Crippen LogP contribution in [0.5, 0.6) is 5.75 Å². The van der Waals surface area contributed by atoms with E-state index in [-0.39, 0.29) is 29.7 Å². The summed E-state index contributed by atoms with van der Waals surface area (Å²) >= 11 is 0. The zero-order valence-corrected chi connectivity index (χ0v) is 15.8. The molecule has 0 heterocycles. The van der Waals surface area contributed by atoms with Gasteiger partial charge in [-0.15, -0.1) is 24.0 Å². The van der Waals surface area contributed by atoms with Gasteiger partial charge in [0.15, 0.2) is 5.96 Å². The van der Waals surface area contributed by atoms with Crippen LogP contribution in [0, 0.1) is 0 Å². The van der Waals surface area contributed by atoms with Crippen molar-refractivity contribution < 1.29 is 5.11 Å². The van der Waals surface area contributed by atoms with E-state index in [1.165, 1.54) is 5.56 Å². The fourth-order valence-corrected chi connectivity index (χ4v) is 2.15. The number of hydrogen-bond donors (Lipinski definition) is 3. The Kier molecular flexibility index (Phi) is 7.88. The van der Waals surface area contributed by atoms with Gasteiger partial charge < -0.3 is 16.2 Å². The second kappa shape index (κ2) is 9.39. The normalized spacial score (nSPS) is 12.3. The molecule has 1 unspecified atom stereocenters. The first-order valence-electron chi connectivity index (χ1n) is 7.53. The topological polar surface area (TPSA) is 70.6 Å². The lowest BCUT2D eigenvalue weighted by atomic mass is 9.99. The van der Waals surface area contributed by atoms with Gasteiger partial charge in [0.2, 0.25) is 0 Å². The van der Waals surface area contributed by atoms with Crippen molar-refractivity contribution in [1.29, 1.82) is 0 Å². The molecule has 0 amide bonds. The summed E-state index contributed by atoms with van der Waals surface area (Å²) in [7, 11) is 0. The third-order valence-electron chi connectivity index (χ3n) is 3.71. The Bertz CT molecular complexity index is 641. The number of nitrogens with one attached hydrogen (secondary N) is 1.